The number of rotatable bonds is 6. The van der Waals surface area contributed by atoms with Gasteiger partial charge in [-0.1, -0.05) is 24.6 Å². The van der Waals surface area contributed by atoms with E-state index in [1.54, 1.807) is 12.1 Å². The Labute approximate surface area is 130 Å². The number of aromatic hydroxyl groups is 1. The Hall–Kier alpha value is -1.26. The van der Waals surface area contributed by atoms with Crippen LogP contribution in [0.25, 0.3) is 0 Å². The molecule has 2 rings (SSSR count). The van der Waals surface area contributed by atoms with Crippen LogP contribution in [0.3, 0.4) is 0 Å². The second-order valence-electron chi connectivity index (χ2n) is 5.53. The summed E-state index contributed by atoms with van der Waals surface area (Å²) in [5.41, 5.74) is 0.827. The molecule has 1 heterocycles. The van der Waals surface area contributed by atoms with Crippen molar-refractivity contribution in [2.45, 2.75) is 26.2 Å². The van der Waals surface area contributed by atoms with E-state index in [4.69, 9.17) is 16.3 Å². The molecule has 1 aliphatic rings. The summed E-state index contributed by atoms with van der Waals surface area (Å²) in [6.07, 6.45) is 2.35. The van der Waals surface area contributed by atoms with E-state index in [0.717, 1.165) is 44.7 Å². The zero-order chi connectivity index (χ0) is 15.2. The van der Waals surface area contributed by atoms with Gasteiger partial charge < -0.3 is 14.7 Å². The highest BCUT2D eigenvalue weighted by atomic mass is 35.5. The Morgan fingerprint density at radius 1 is 1.52 bits per heavy atom. The van der Waals surface area contributed by atoms with Crippen LogP contribution in [0, 0.1) is 5.92 Å². The minimum absolute atomic E-state index is 0.0437. The van der Waals surface area contributed by atoms with Gasteiger partial charge in [0.1, 0.15) is 5.75 Å². The number of likely N-dealkylation sites (tertiary alicyclic amines) is 1. The summed E-state index contributed by atoms with van der Waals surface area (Å²) in [6.45, 7) is 5.19. The first-order chi connectivity index (χ1) is 10.1. The number of carbonyl (C=O) groups excluding carboxylic acids is 1. The number of ether oxygens (including phenoxy) is 1. The second kappa shape index (κ2) is 7.66. The summed E-state index contributed by atoms with van der Waals surface area (Å²) in [5, 5.41) is 9.67. The molecular formula is C16H22ClNO3. The number of amides is 1. The molecule has 1 aromatic carbocycles. The standard InChI is InChI=1S/C16H22ClNO3/c1-2-7-21-11-13-5-6-18(10-13)16(20)9-12-3-4-15(19)14(17)8-12/h3-4,8,13,19H,2,5-7,9-11H2,1H3/t13-/m1/s1. The monoisotopic (exact) mass is 311 g/mol. The van der Waals surface area contributed by atoms with Crippen molar-refractivity contribution >= 4 is 17.5 Å². The van der Waals surface area contributed by atoms with E-state index < -0.39 is 0 Å². The van der Waals surface area contributed by atoms with Crippen molar-refractivity contribution in [3.63, 3.8) is 0 Å². The summed E-state index contributed by atoms with van der Waals surface area (Å²) < 4.78 is 5.56. The maximum absolute atomic E-state index is 12.3. The third-order valence-electron chi connectivity index (χ3n) is 3.71. The molecule has 4 nitrogen and oxygen atoms in total. The van der Waals surface area contributed by atoms with E-state index in [9.17, 15) is 9.90 Å². The fourth-order valence-corrected chi connectivity index (χ4v) is 2.74. The molecule has 1 aromatic rings. The van der Waals surface area contributed by atoms with Crippen LogP contribution in [-0.4, -0.2) is 42.2 Å². The van der Waals surface area contributed by atoms with Crippen LogP contribution < -0.4 is 0 Å². The van der Waals surface area contributed by atoms with Crippen molar-refractivity contribution in [1.82, 2.24) is 4.90 Å². The predicted molar refractivity (Wildman–Crippen MR) is 82.6 cm³/mol. The van der Waals surface area contributed by atoms with Gasteiger partial charge in [0.05, 0.1) is 18.1 Å². The largest absolute Gasteiger partial charge is 0.506 e. The Morgan fingerprint density at radius 2 is 2.33 bits per heavy atom. The van der Waals surface area contributed by atoms with Crippen LogP contribution in [0.5, 0.6) is 5.75 Å². The van der Waals surface area contributed by atoms with E-state index in [1.165, 1.54) is 6.07 Å². The first kappa shape index (κ1) is 16.1. The Bertz CT molecular complexity index is 492. The van der Waals surface area contributed by atoms with Crippen LogP contribution in [-0.2, 0) is 16.0 Å². The lowest BCUT2D eigenvalue weighted by Gasteiger charge is -2.17. The number of nitrogens with zero attached hydrogens (tertiary/aromatic N) is 1. The van der Waals surface area contributed by atoms with Crippen molar-refractivity contribution in [2.24, 2.45) is 5.92 Å². The third-order valence-corrected chi connectivity index (χ3v) is 4.01. The molecule has 0 radical (unpaired) electrons. The van der Waals surface area contributed by atoms with Gasteiger partial charge in [0, 0.05) is 25.6 Å². The van der Waals surface area contributed by atoms with Crippen LogP contribution in [0.15, 0.2) is 18.2 Å². The number of hydrogen-bond donors (Lipinski definition) is 1. The molecule has 0 unspecified atom stereocenters. The zero-order valence-electron chi connectivity index (χ0n) is 12.3. The number of halogens is 1. The summed E-state index contributed by atoms with van der Waals surface area (Å²) >= 11 is 5.86. The average Bonchev–Trinajstić information content (AvgIpc) is 2.92. The zero-order valence-corrected chi connectivity index (χ0v) is 13.1. The average molecular weight is 312 g/mol. The van der Waals surface area contributed by atoms with Gasteiger partial charge in [-0.15, -0.1) is 0 Å². The summed E-state index contributed by atoms with van der Waals surface area (Å²) in [4.78, 5) is 14.2. The smallest absolute Gasteiger partial charge is 0.227 e. The fraction of sp³-hybridized carbons (Fsp3) is 0.562. The Kier molecular flexibility index (Phi) is 5.88. The molecule has 116 valence electrons. The molecule has 1 fully saturated rings. The predicted octanol–water partition coefficient (Wildman–Crippen LogP) is 2.86. The molecule has 0 spiro atoms. The van der Waals surface area contributed by atoms with Gasteiger partial charge in [0.25, 0.3) is 0 Å². The van der Waals surface area contributed by atoms with E-state index in [2.05, 4.69) is 6.92 Å². The first-order valence-corrected chi connectivity index (χ1v) is 7.81. The summed E-state index contributed by atoms with van der Waals surface area (Å²) in [6, 6.07) is 4.90. The van der Waals surface area contributed by atoms with Gasteiger partial charge >= 0.3 is 0 Å². The molecule has 1 amide bonds. The van der Waals surface area contributed by atoms with E-state index in [-0.39, 0.29) is 16.7 Å². The number of phenolic OH excluding ortho intramolecular Hbond substituents is 1. The lowest BCUT2D eigenvalue weighted by atomic mass is 10.1. The van der Waals surface area contributed by atoms with Gasteiger partial charge in [-0.05, 0) is 30.5 Å². The van der Waals surface area contributed by atoms with Crippen LogP contribution in [0.4, 0.5) is 0 Å². The minimum Gasteiger partial charge on any atom is -0.506 e. The molecule has 21 heavy (non-hydrogen) atoms. The van der Waals surface area contributed by atoms with Gasteiger partial charge in [-0.25, -0.2) is 0 Å². The molecule has 0 aliphatic carbocycles. The quantitative estimate of drug-likeness (QED) is 0.822. The summed E-state index contributed by atoms with van der Waals surface area (Å²) in [7, 11) is 0. The highest BCUT2D eigenvalue weighted by molar-refractivity contribution is 6.32. The number of phenols is 1. The maximum Gasteiger partial charge on any atom is 0.227 e. The van der Waals surface area contributed by atoms with Crippen LogP contribution in [0.1, 0.15) is 25.3 Å². The molecule has 5 heteroatoms. The molecule has 1 saturated heterocycles. The normalized spacial score (nSPS) is 18.2. The third kappa shape index (κ3) is 4.61. The lowest BCUT2D eigenvalue weighted by molar-refractivity contribution is -0.129. The molecular weight excluding hydrogens is 290 g/mol. The molecule has 1 N–H and O–H groups in total. The van der Waals surface area contributed by atoms with Crippen LogP contribution >= 0.6 is 11.6 Å². The lowest BCUT2D eigenvalue weighted by Crippen LogP contribution is -2.30. The van der Waals surface area contributed by atoms with E-state index in [0.29, 0.717) is 12.3 Å². The van der Waals surface area contributed by atoms with Gasteiger partial charge in [0.2, 0.25) is 5.91 Å². The molecule has 0 bridgehead atoms. The SMILES string of the molecule is CCCOC[C@@H]1CCN(C(=O)Cc2ccc(O)c(Cl)c2)C1. The Morgan fingerprint density at radius 3 is 3.05 bits per heavy atom. The van der Waals surface area contributed by atoms with E-state index in [1.807, 2.05) is 4.90 Å². The van der Waals surface area contributed by atoms with E-state index >= 15 is 0 Å². The van der Waals surface area contributed by atoms with Gasteiger partial charge in [-0.3, -0.25) is 4.79 Å². The molecule has 1 atom stereocenters. The fourth-order valence-electron chi connectivity index (χ4n) is 2.54. The topological polar surface area (TPSA) is 49.8 Å². The Balaban J connectivity index is 1.82. The first-order valence-electron chi connectivity index (χ1n) is 7.43. The number of carbonyl (C=O) groups is 1. The van der Waals surface area contributed by atoms with Gasteiger partial charge in [0.15, 0.2) is 0 Å². The highest BCUT2D eigenvalue weighted by Crippen LogP contribution is 2.24. The molecule has 0 aromatic heterocycles. The number of hydrogen-bond acceptors (Lipinski definition) is 3. The van der Waals surface area contributed by atoms with Crippen LogP contribution in [0.2, 0.25) is 5.02 Å². The van der Waals surface area contributed by atoms with Crippen molar-refractivity contribution in [3.8, 4) is 5.75 Å². The van der Waals surface area contributed by atoms with Gasteiger partial charge in [-0.2, -0.15) is 0 Å². The second-order valence-corrected chi connectivity index (χ2v) is 5.94. The van der Waals surface area contributed by atoms with Crippen molar-refractivity contribution in [3.05, 3.63) is 28.8 Å². The minimum atomic E-state index is 0.0437. The molecule has 0 saturated carbocycles. The molecule has 1 aliphatic heterocycles. The number of benzene rings is 1. The summed E-state index contributed by atoms with van der Waals surface area (Å²) in [5.74, 6) is 0.598. The highest BCUT2D eigenvalue weighted by Gasteiger charge is 2.26. The maximum atomic E-state index is 12.3. The van der Waals surface area contributed by atoms with Crippen molar-refractivity contribution in [2.75, 3.05) is 26.3 Å². The van der Waals surface area contributed by atoms with Crippen molar-refractivity contribution in [1.29, 1.82) is 0 Å². The van der Waals surface area contributed by atoms with Crippen molar-refractivity contribution < 1.29 is 14.6 Å².